The van der Waals surface area contributed by atoms with Crippen molar-refractivity contribution in [2.24, 2.45) is 17.1 Å². The maximum absolute atomic E-state index is 12.5. The van der Waals surface area contributed by atoms with Gasteiger partial charge in [0.25, 0.3) is 0 Å². The molecule has 0 aromatic rings. The van der Waals surface area contributed by atoms with E-state index in [0.717, 1.165) is 13.0 Å². The minimum absolute atomic E-state index is 0.192. The fourth-order valence-electron chi connectivity index (χ4n) is 2.22. The van der Waals surface area contributed by atoms with E-state index >= 15 is 0 Å². The molecule has 2 atom stereocenters. The van der Waals surface area contributed by atoms with E-state index in [4.69, 9.17) is 5.73 Å². The molecule has 0 radical (unpaired) electrons. The largest absolute Gasteiger partial charge is 0.339 e. The molecule has 0 spiro atoms. The third-order valence-electron chi connectivity index (χ3n) is 4.19. The minimum atomic E-state index is -0.509. The quantitative estimate of drug-likeness (QED) is 0.783. The first-order valence-electron chi connectivity index (χ1n) is 6.17. The Balaban J connectivity index is 2.86. The maximum atomic E-state index is 12.5. The first kappa shape index (κ1) is 13.5. The van der Waals surface area contributed by atoms with Gasteiger partial charge < -0.3 is 10.6 Å². The molecular formula is C13H26N2O. The molecule has 2 N–H and O–H groups in total. The first-order valence-corrected chi connectivity index (χ1v) is 6.17. The minimum Gasteiger partial charge on any atom is -0.339 e. The zero-order chi connectivity index (χ0) is 12.7. The van der Waals surface area contributed by atoms with Crippen LogP contribution >= 0.6 is 0 Å². The molecule has 0 bridgehead atoms. The number of carbonyl (C=O) groups is 1. The Kier molecular flexibility index (Phi) is 3.39. The molecule has 1 saturated heterocycles. The summed E-state index contributed by atoms with van der Waals surface area (Å²) in [6, 6.07) is 0.351. The molecule has 0 saturated carbocycles. The van der Waals surface area contributed by atoms with E-state index in [1.54, 1.807) is 0 Å². The van der Waals surface area contributed by atoms with Crippen molar-refractivity contribution in [3.63, 3.8) is 0 Å². The van der Waals surface area contributed by atoms with Gasteiger partial charge >= 0.3 is 0 Å². The highest BCUT2D eigenvalue weighted by atomic mass is 16.2. The number of carbonyl (C=O) groups excluding carboxylic acids is 1. The Morgan fingerprint density at radius 1 is 1.25 bits per heavy atom. The summed E-state index contributed by atoms with van der Waals surface area (Å²) in [5.74, 6) is 0.799. The van der Waals surface area contributed by atoms with Crippen LogP contribution in [0.4, 0.5) is 0 Å². The smallest absolute Gasteiger partial charge is 0.230 e. The molecule has 2 unspecified atom stereocenters. The van der Waals surface area contributed by atoms with Crippen molar-refractivity contribution in [3.8, 4) is 0 Å². The van der Waals surface area contributed by atoms with Crippen molar-refractivity contribution in [3.05, 3.63) is 0 Å². The molecule has 1 amide bonds. The molecule has 1 heterocycles. The topological polar surface area (TPSA) is 46.3 Å². The Bertz CT molecular complexity index is 278. The Labute approximate surface area is 99.4 Å². The zero-order valence-electron chi connectivity index (χ0n) is 11.5. The zero-order valence-corrected chi connectivity index (χ0v) is 11.5. The highest BCUT2D eigenvalue weighted by Gasteiger charge is 2.45. The second-order valence-electron chi connectivity index (χ2n) is 6.49. The summed E-state index contributed by atoms with van der Waals surface area (Å²) in [5, 5.41) is 0. The summed E-state index contributed by atoms with van der Waals surface area (Å²) >= 11 is 0. The number of likely N-dealkylation sites (tertiary alicyclic amines) is 1. The molecule has 0 aromatic heterocycles. The standard InChI is InChI=1S/C13H26N2O/c1-9-7-10(2)15(8-9)11(16)12(3,4)13(5,6)14/h9-10H,7-8,14H2,1-6H3. The van der Waals surface area contributed by atoms with Gasteiger partial charge in [0, 0.05) is 18.1 Å². The molecule has 1 rings (SSSR count). The van der Waals surface area contributed by atoms with Crippen molar-refractivity contribution in [2.45, 2.75) is 59.5 Å². The van der Waals surface area contributed by atoms with Crippen LogP contribution in [0.2, 0.25) is 0 Å². The molecule has 0 aromatic carbocycles. The lowest BCUT2D eigenvalue weighted by molar-refractivity contribution is -0.144. The SMILES string of the molecule is CC1CC(C)N(C(=O)C(C)(C)C(C)(C)N)C1. The van der Waals surface area contributed by atoms with E-state index in [1.165, 1.54) is 0 Å². The Morgan fingerprint density at radius 2 is 1.75 bits per heavy atom. The molecule has 1 fully saturated rings. The lowest BCUT2D eigenvalue weighted by Crippen LogP contribution is -2.57. The van der Waals surface area contributed by atoms with Gasteiger partial charge in [-0.15, -0.1) is 0 Å². The monoisotopic (exact) mass is 226 g/mol. The normalized spacial score (nSPS) is 27.3. The Hall–Kier alpha value is -0.570. The van der Waals surface area contributed by atoms with Crippen molar-refractivity contribution in [2.75, 3.05) is 6.54 Å². The third-order valence-corrected chi connectivity index (χ3v) is 4.19. The van der Waals surface area contributed by atoms with Crippen LogP contribution in [-0.4, -0.2) is 28.9 Å². The van der Waals surface area contributed by atoms with Crippen molar-refractivity contribution in [1.82, 2.24) is 4.90 Å². The van der Waals surface area contributed by atoms with Crippen LogP contribution in [0.1, 0.15) is 48.0 Å². The highest BCUT2D eigenvalue weighted by molar-refractivity contribution is 5.84. The average Bonchev–Trinajstić information content (AvgIpc) is 2.41. The number of nitrogens with zero attached hydrogens (tertiary/aromatic N) is 1. The Morgan fingerprint density at radius 3 is 2.06 bits per heavy atom. The van der Waals surface area contributed by atoms with E-state index in [1.807, 2.05) is 32.6 Å². The summed E-state index contributed by atoms with van der Waals surface area (Å²) in [6.07, 6.45) is 1.10. The van der Waals surface area contributed by atoms with Crippen LogP contribution in [0.3, 0.4) is 0 Å². The third kappa shape index (κ3) is 2.24. The van der Waals surface area contributed by atoms with Crippen LogP contribution in [0.15, 0.2) is 0 Å². The van der Waals surface area contributed by atoms with E-state index in [-0.39, 0.29) is 5.91 Å². The molecule has 1 aliphatic heterocycles. The molecule has 0 aliphatic carbocycles. The number of hydrogen-bond donors (Lipinski definition) is 1. The van der Waals surface area contributed by atoms with Gasteiger partial charge in [0.05, 0.1) is 5.41 Å². The number of nitrogens with two attached hydrogens (primary N) is 1. The lowest BCUT2D eigenvalue weighted by atomic mass is 9.74. The van der Waals surface area contributed by atoms with Gasteiger partial charge in [-0.25, -0.2) is 0 Å². The van der Waals surface area contributed by atoms with Crippen LogP contribution in [0.25, 0.3) is 0 Å². The van der Waals surface area contributed by atoms with Gasteiger partial charge in [0.15, 0.2) is 0 Å². The van der Waals surface area contributed by atoms with Crippen LogP contribution < -0.4 is 5.73 Å². The molecule has 94 valence electrons. The van der Waals surface area contributed by atoms with Gasteiger partial charge in [0.1, 0.15) is 0 Å². The molecule has 16 heavy (non-hydrogen) atoms. The van der Waals surface area contributed by atoms with Crippen LogP contribution in [-0.2, 0) is 4.79 Å². The maximum Gasteiger partial charge on any atom is 0.230 e. The predicted octanol–water partition coefficient (Wildman–Crippen LogP) is 2.01. The number of amides is 1. The average molecular weight is 226 g/mol. The van der Waals surface area contributed by atoms with Crippen LogP contribution in [0.5, 0.6) is 0 Å². The fraction of sp³-hybridized carbons (Fsp3) is 0.923. The van der Waals surface area contributed by atoms with E-state index in [9.17, 15) is 4.79 Å². The fourth-order valence-corrected chi connectivity index (χ4v) is 2.22. The summed E-state index contributed by atoms with van der Waals surface area (Å²) in [4.78, 5) is 14.5. The van der Waals surface area contributed by atoms with Crippen molar-refractivity contribution >= 4 is 5.91 Å². The first-order chi connectivity index (χ1) is 7.07. The lowest BCUT2D eigenvalue weighted by Gasteiger charge is -2.40. The summed E-state index contributed by atoms with van der Waals surface area (Å²) in [5.41, 5.74) is 5.12. The van der Waals surface area contributed by atoms with E-state index < -0.39 is 11.0 Å². The highest BCUT2D eigenvalue weighted by Crippen LogP contribution is 2.34. The molecule has 3 heteroatoms. The number of hydrogen-bond acceptors (Lipinski definition) is 2. The summed E-state index contributed by atoms with van der Waals surface area (Å²) in [7, 11) is 0. The van der Waals surface area contributed by atoms with Gasteiger partial charge in [0.2, 0.25) is 5.91 Å². The van der Waals surface area contributed by atoms with Gasteiger partial charge in [-0.3, -0.25) is 4.79 Å². The second-order valence-corrected chi connectivity index (χ2v) is 6.49. The second kappa shape index (κ2) is 4.02. The van der Waals surface area contributed by atoms with Gasteiger partial charge in [-0.1, -0.05) is 6.92 Å². The summed E-state index contributed by atoms with van der Waals surface area (Å²) < 4.78 is 0. The van der Waals surface area contributed by atoms with Crippen molar-refractivity contribution in [1.29, 1.82) is 0 Å². The van der Waals surface area contributed by atoms with E-state index in [0.29, 0.717) is 12.0 Å². The van der Waals surface area contributed by atoms with Crippen molar-refractivity contribution < 1.29 is 4.79 Å². The van der Waals surface area contributed by atoms with E-state index in [2.05, 4.69) is 13.8 Å². The van der Waals surface area contributed by atoms with Crippen LogP contribution in [0, 0.1) is 11.3 Å². The van der Waals surface area contributed by atoms with Gasteiger partial charge in [-0.05, 0) is 47.0 Å². The molecule has 1 aliphatic rings. The summed E-state index contributed by atoms with van der Waals surface area (Å²) in [6.45, 7) is 12.9. The van der Waals surface area contributed by atoms with Gasteiger partial charge in [-0.2, -0.15) is 0 Å². The predicted molar refractivity (Wildman–Crippen MR) is 67.0 cm³/mol. The molecular weight excluding hydrogens is 200 g/mol. The number of rotatable bonds is 2. The molecule has 3 nitrogen and oxygen atoms in total.